The molecule has 1 saturated heterocycles. The van der Waals surface area contributed by atoms with Gasteiger partial charge < -0.3 is 0 Å². The first-order valence-electron chi connectivity index (χ1n) is 4.89. The third-order valence-corrected chi connectivity index (χ3v) is 2.86. The van der Waals surface area contributed by atoms with Crippen LogP contribution in [0.1, 0.15) is 13.3 Å². The third-order valence-electron chi connectivity index (χ3n) is 2.86. The van der Waals surface area contributed by atoms with Gasteiger partial charge in [0.2, 0.25) is 11.8 Å². The lowest BCUT2D eigenvalue weighted by Gasteiger charge is -2.36. The Morgan fingerprint density at radius 2 is 1.75 bits per heavy atom. The van der Waals surface area contributed by atoms with Crippen LogP contribution in [-0.2, 0) is 9.59 Å². The van der Waals surface area contributed by atoms with E-state index in [1.807, 2.05) is 0 Å². The molecule has 0 aromatic carbocycles. The molecule has 0 spiro atoms. The molecule has 1 rings (SSSR count). The summed E-state index contributed by atoms with van der Waals surface area (Å²) in [6, 6.07) is -0.786. The van der Waals surface area contributed by atoms with E-state index in [9.17, 15) is 14.4 Å². The molecule has 0 unspecified atom stereocenters. The summed E-state index contributed by atoms with van der Waals surface area (Å²) in [7, 11) is 0. The van der Waals surface area contributed by atoms with E-state index < -0.39 is 29.2 Å². The Labute approximate surface area is 93.6 Å². The molecule has 1 aliphatic rings. The first kappa shape index (κ1) is 12.2. The number of barbiturate groups is 1. The van der Waals surface area contributed by atoms with E-state index in [0.29, 0.717) is 0 Å². The van der Waals surface area contributed by atoms with Gasteiger partial charge in [-0.1, -0.05) is 19.1 Å². The van der Waals surface area contributed by atoms with Gasteiger partial charge in [-0.25, -0.2) is 4.79 Å². The molecular weight excluding hydrogens is 208 g/mol. The maximum Gasteiger partial charge on any atom is 0.328 e. The van der Waals surface area contributed by atoms with E-state index in [-0.39, 0.29) is 6.42 Å². The van der Waals surface area contributed by atoms with Gasteiger partial charge in [-0.2, -0.15) is 0 Å². The first-order valence-corrected chi connectivity index (χ1v) is 4.89. The van der Waals surface area contributed by atoms with Crippen LogP contribution in [0.15, 0.2) is 25.3 Å². The van der Waals surface area contributed by atoms with Crippen LogP contribution in [0.4, 0.5) is 4.79 Å². The van der Waals surface area contributed by atoms with Crippen LogP contribution in [0.3, 0.4) is 0 Å². The topological polar surface area (TPSA) is 75.3 Å². The maximum absolute atomic E-state index is 11.8. The Morgan fingerprint density at radius 1 is 1.25 bits per heavy atom. The van der Waals surface area contributed by atoms with Crippen molar-refractivity contribution in [3.8, 4) is 0 Å². The fourth-order valence-electron chi connectivity index (χ4n) is 1.78. The van der Waals surface area contributed by atoms with Gasteiger partial charge in [0.15, 0.2) is 0 Å². The zero-order valence-corrected chi connectivity index (χ0v) is 9.08. The standard InChI is InChI=1S/C11H14N2O3/c1-4-6-11(7(3)5-2)8(14)12-10(16)13-9(11)15/h4-5,7H,1-2,6H2,3H3,(H2,12,13,14,15,16)/t7-/m0/s1. The molecule has 1 heterocycles. The second-order valence-electron chi connectivity index (χ2n) is 3.73. The number of hydrogen-bond donors (Lipinski definition) is 2. The third kappa shape index (κ3) is 1.64. The largest absolute Gasteiger partial charge is 0.328 e. The normalized spacial score (nSPS) is 20.7. The van der Waals surface area contributed by atoms with Crippen LogP contribution in [0, 0.1) is 11.3 Å². The molecule has 16 heavy (non-hydrogen) atoms. The van der Waals surface area contributed by atoms with Crippen LogP contribution in [-0.4, -0.2) is 17.8 Å². The van der Waals surface area contributed by atoms with Crippen molar-refractivity contribution in [2.75, 3.05) is 0 Å². The minimum atomic E-state index is -1.32. The molecule has 5 heteroatoms. The van der Waals surface area contributed by atoms with E-state index >= 15 is 0 Å². The summed E-state index contributed by atoms with van der Waals surface area (Å²) >= 11 is 0. The number of allylic oxidation sites excluding steroid dienone is 2. The molecular formula is C11H14N2O3. The lowest BCUT2D eigenvalue weighted by atomic mass is 9.71. The molecule has 0 aromatic rings. The molecule has 0 saturated carbocycles. The summed E-state index contributed by atoms with van der Waals surface area (Å²) in [5, 5.41) is 4.19. The Morgan fingerprint density at radius 3 is 2.12 bits per heavy atom. The molecule has 0 bridgehead atoms. The van der Waals surface area contributed by atoms with Crippen LogP contribution in [0.25, 0.3) is 0 Å². The molecule has 86 valence electrons. The maximum atomic E-state index is 11.8. The summed E-state index contributed by atoms with van der Waals surface area (Å²) in [5.41, 5.74) is -1.32. The van der Waals surface area contributed by atoms with Crippen LogP contribution >= 0.6 is 0 Å². The van der Waals surface area contributed by atoms with Gasteiger partial charge in [0.05, 0.1) is 0 Å². The van der Waals surface area contributed by atoms with Crippen LogP contribution in [0.5, 0.6) is 0 Å². The molecule has 0 aromatic heterocycles. The Hall–Kier alpha value is -1.91. The zero-order valence-electron chi connectivity index (χ0n) is 9.08. The number of imide groups is 2. The minimum Gasteiger partial charge on any atom is -0.277 e. The van der Waals surface area contributed by atoms with E-state index in [1.54, 1.807) is 6.92 Å². The Kier molecular flexibility index (Phi) is 3.27. The second kappa shape index (κ2) is 4.30. The smallest absolute Gasteiger partial charge is 0.277 e. The highest BCUT2D eigenvalue weighted by Gasteiger charge is 2.52. The van der Waals surface area contributed by atoms with Gasteiger partial charge in [-0.05, 0) is 12.3 Å². The highest BCUT2D eigenvalue weighted by atomic mass is 16.2. The van der Waals surface area contributed by atoms with Gasteiger partial charge in [-0.15, -0.1) is 13.2 Å². The summed E-state index contributed by atoms with van der Waals surface area (Å²) in [6.45, 7) is 8.80. The average Bonchev–Trinajstić information content (AvgIpc) is 2.22. The summed E-state index contributed by atoms with van der Waals surface area (Å²) in [5.74, 6) is -1.60. The zero-order chi connectivity index (χ0) is 12.3. The molecule has 5 nitrogen and oxygen atoms in total. The molecule has 4 amide bonds. The molecule has 2 N–H and O–H groups in total. The molecule has 0 aliphatic carbocycles. The van der Waals surface area contributed by atoms with Crippen molar-refractivity contribution < 1.29 is 14.4 Å². The van der Waals surface area contributed by atoms with Crippen molar-refractivity contribution in [3.63, 3.8) is 0 Å². The van der Waals surface area contributed by atoms with E-state index in [2.05, 4.69) is 23.8 Å². The van der Waals surface area contributed by atoms with Crippen molar-refractivity contribution >= 4 is 17.8 Å². The van der Waals surface area contributed by atoms with Gasteiger partial charge in [0.1, 0.15) is 5.41 Å². The summed E-state index contributed by atoms with van der Waals surface area (Å²) in [6.07, 6.45) is 3.15. The van der Waals surface area contributed by atoms with Crippen molar-refractivity contribution in [1.29, 1.82) is 0 Å². The van der Waals surface area contributed by atoms with Gasteiger partial charge >= 0.3 is 6.03 Å². The molecule has 1 fully saturated rings. The van der Waals surface area contributed by atoms with Crippen LogP contribution < -0.4 is 10.6 Å². The first-order chi connectivity index (χ1) is 7.48. The second-order valence-corrected chi connectivity index (χ2v) is 3.73. The fraction of sp³-hybridized carbons (Fsp3) is 0.364. The number of urea groups is 1. The minimum absolute atomic E-state index is 0.158. The number of hydrogen-bond acceptors (Lipinski definition) is 3. The predicted molar refractivity (Wildman–Crippen MR) is 58.3 cm³/mol. The van der Waals surface area contributed by atoms with Crippen molar-refractivity contribution in [2.24, 2.45) is 11.3 Å². The van der Waals surface area contributed by atoms with E-state index in [1.165, 1.54) is 12.2 Å². The van der Waals surface area contributed by atoms with Gasteiger partial charge in [0, 0.05) is 0 Å². The number of amides is 4. The molecule has 1 atom stereocenters. The number of carbonyl (C=O) groups is 3. The van der Waals surface area contributed by atoms with Crippen molar-refractivity contribution in [1.82, 2.24) is 10.6 Å². The highest BCUT2D eigenvalue weighted by molar-refractivity contribution is 6.19. The lowest BCUT2D eigenvalue weighted by Crippen LogP contribution is -2.64. The van der Waals surface area contributed by atoms with E-state index in [0.717, 1.165) is 0 Å². The lowest BCUT2D eigenvalue weighted by molar-refractivity contribution is -0.146. The summed E-state index contributed by atoms with van der Waals surface area (Å²) in [4.78, 5) is 34.6. The molecule has 1 aliphatic heterocycles. The van der Waals surface area contributed by atoms with E-state index in [4.69, 9.17) is 0 Å². The summed E-state index contributed by atoms with van der Waals surface area (Å²) < 4.78 is 0. The average molecular weight is 222 g/mol. The highest BCUT2D eigenvalue weighted by Crippen LogP contribution is 2.35. The quantitative estimate of drug-likeness (QED) is 0.544. The Balaban J connectivity index is 3.21. The van der Waals surface area contributed by atoms with Crippen molar-refractivity contribution in [2.45, 2.75) is 13.3 Å². The SMILES string of the molecule is C=CCC1([C@@H](C)C=C)C(=O)NC(=O)NC1=O. The number of nitrogens with one attached hydrogen (secondary N) is 2. The fourth-order valence-corrected chi connectivity index (χ4v) is 1.78. The van der Waals surface area contributed by atoms with Gasteiger partial charge in [-0.3, -0.25) is 20.2 Å². The number of carbonyl (C=O) groups excluding carboxylic acids is 3. The van der Waals surface area contributed by atoms with Crippen LogP contribution in [0.2, 0.25) is 0 Å². The Bertz CT molecular complexity index is 353. The monoisotopic (exact) mass is 222 g/mol. The van der Waals surface area contributed by atoms with Crippen molar-refractivity contribution in [3.05, 3.63) is 25.3 Å². The predicted octanol–water partition coefficient (Wildman–Crippen LogP) is 0.737. The molecule has 0 radical (unpaired) electrons. The number of rotatable bonds is 4. The van der Waals surface area contributed by atoms with Gasteiger partial charge in [0.25, 0.3) is 0 Å².